The molecule has 0 aliphatic heterocycles. The smallest absolute Gasteiger partial charge is 0.303 e. The van der Waals surface area contributed by atoms with Crippen molar-refractivity contribution in [3.63, 3.8) is 0 Å². The highest BCUT2D eigenvalue weighted by atomic mass is 35.5. The molecule has 0 heterocycles. The summed E-state index contributed by atoms with van der Waals surface area (Å²) in [6, 6.07) is 6.29. The Morgan fingerprint density at radius 2 is 1.81 bits per heavy atom. The van der Waals surface area contributed by atoms with Crippen LogP contribution in [0.25, 0.3) is 0 Å². The van der Waals surface area contributed by atoms with Crippen LogP contribution in [0, 0.1) is 11.8 Å². The standard InChI is InChI=1S/C21H30N2O3.ClH/c22-13-15-1-5-17-12-18(7-6-16(17)11-15)21(26)23-19-8-2-14(3-9-19)4-10-20(24)25;/h6-7,12,14-15,19H,1-5,8-11,13,22H2,(H,23,26)(H,24,25);1H/t14-,15?,19-;. The fourth-order valence-corrected chi connectivity index (χ4v) is 4.36. The van der Waals surface area contributed by atoms with Gasteiger partial charge in [0.25, 0.3) is 5.91 Å². The number of fused-ring (bicyclic) bond motifs is 1. The van der Waals surface area contributed by atoms with E-state index in [9.17, 15) is 9.59 Å². The molecule has 1 aromatic carbocycles. The molecule has 2 aliphatic carbocycles. The van der Waals surface area contributed by atoms with Crippen LogP contribution in [0.15, 0.2) is 18.2 Å². The Bertz CT molecular complexity index is 657. The van der Waals surface area contributed by atoms with E-state index >= 15 is 0 Å². The van der Waals surface area contributed by atoms with E-state index in [1.54, 1.807) is 0 Å². The van der Waals surface area contributed by atoms with Crippen molar-refractivity contribution in [2.45, 2.75) is 63.8 Å². The van der Waals surface area contributed by atoms with Crippen molar-refractivity contribution < 1.29 is 14.7 Å². The first-order chi connectivity index (χ1) is 12.5. The van der Waals surface area contributed by atoms with E-state index in [0.717, 1.165) is 63.5 Å². The molecule has 2 aliphatic rings. The Morgan fingerprint density at radius 3 is 2.48 bits per heavy atom. The van der Waals surface area contributed by atoms with E-state index in [0.29, 0.717) is 11.8 Å². The molecule has 4 N–H and O–H groups in total. The zero-order valence-corrected chi connectivity index (χ0v) is 16.6. The molecular formula is C21H31ClN2O3. The number of nitrogens with one attached hydrogen (secondary N) is 1. The fourth-order valence-electron chi connectivity index (χ4n) is 4.36. The van der Waals surface area contributed by atoms with Gasteiger partial charge in [0.1, 0.15) is 0 Å². The van der Waals surface area contributed by atoms with E-state index in [1.165, 1.54) is 11.1 Å². The first-order valence-electron chi connectivity index (χ1n) is 9.89. The Kier molecular flexibility index (Phi) is 8.11. The number of benzene rings is 1. The summed E-state index contributed by atoms with van der Waals surface area (Å²) in [7, 11) is 0. The first-order valence-corrected chi connectivity index (χ1v) is 9.89. The quantitative estimate of drug-likeness (QED) is 0.690. The minimum Gasteiger partial charge on any atom is -0.481 e. The number of carbonyl (C=O) groups is 2. The topological polar surface area (TPSA) is 92.4 Å². The van der Waals surface area contributed by atoms with Gasteiger partial charge in [0, 0.05) is 18.0 Å². The number of aliphatic carboxylic acids is 1. The van der Waals surface area contributed by atoms with E-state index < -0.39 is 5.97 Å². The van der Waals surface area contributed by atoms with Gasteiger partial charge in [0.2, 0.25) is 0 Å². The van der Waals surface area contributed by atoms with Gasteiger partial charge in [-0.3, -0.25) is 9.59 Å². The summed E-state index contributed by atoms with van der Waals surface area (Å²) in [6.07, 6.45) is 8.03. The molecule has 0 radical (unpaired) electrons. The van der Waals surface area contributed by atoms with Crippen LogP contribution >= 0.6 is 12.4 Å². The van der Waals surface area contributed by atoms with Crippen LogP contribution in [0.1, 0.15) is 66.4 Å². The van der Waals surface area contributed by atoms with E-state index in [2.05, 4.69) is 17.4 Å². The van der Waals surface area contributed by atoms with E-state index in [-0.39, 0.29) is 30.8 Å². The number of carboxylic acid groups (broad SMARTS) is 1. The van der Waals surface area contributed by atoms with Crippen molar-refractivity contribution in [2.75, 3.05) is 6.54 Å². The van der Waals surface area contributed by atoms with Gasteiger partial charge in [-0.15, -0.1) is 12.4 Å². The van der Waals surface area contributed by atoms with Crippen molar-refractivity contribution in [3.8, 4) is 0 Å². The molecular weight excluding hydrogens is 364 g/mol. The molecule has 1 amide bonds. The molecule has 5 nitrogen and oxygen atoms in total. The highest BCUT2D eigenvalue weighted by molar-refractivity contribution is 5.94. The summed E-state index contributed by atoms with van der Waals surface area (Å²) < 4.78 is 0. The van der Waals surface area contributed by atoms with Gasteiger partial charge < -0.3 is 16.2 Å². The van der Waals surface area contributed by atoms with Gasteiger partial charge in [-0.05, 0) is 93.0 Å². The number of halogens is 1. The molecule has 0 saturated heterocycles. The summed E-state index contributed by atoms with van der Waals surface area (Å²) in [4.78, 5) is 23.3. The highest BCUT2D eigenvalue weighted by Crippen LogP contribution is 2.29. The third kappa shape index (κ3) is 5.94. The lowest BCUT2D eigenvalue weighted by molar-refractivity contribution is -0.137. The fraction of sp³-hybridized carbons (Fsp3) is 0.619. The lowest BCUT2D eigenvalue weighted by Crippen LogP contribution is -2.37. The second-order valence-corrected chi connectivity index (χ2v) is 7.95. The van der Waals surface area contributed by atoms with Gasteiger partial charge in [0.05, 0.1) is 0 Å². The zero-order valence-electron chi connectivity index (χ0n) is 15.8. The van der Waals surface area contributed by atoms with E-state index in [1.807, 2.05) is 6.07 Å². The van der Waals surface area contributed by atoms with Gasteiger partial charge in [0.15, 0.2) is 0 Å². The predicted molar refractivity (Wildman–Crippen MR) is 108 cm³/mol. The van der Waals surface area contributed by atoms with Crippen molar-refractivity contribution in [1.29, 1.82) is 0 Å². The van der Waals surface area contributed by atoms with Crippen molar-refractivity contribution in [1.82, 2.24) is 5.32 Å². The number of aryl methyl sites for hydroxylation is 1. The number of hydrogen-bond donors (Lipinski definition) is 3. The predicted octanol–water partition coefficient (Wildman–Crippen LogP) is 3.33. The molecule has 0 bridgehead atoms. The van der Waals surface area contributed by atoms with Crippen molar-refractivity contribution >= 4 is 24.3 Å². The maximum Gasteiger partial charge on any atom is 0.303 e. The Balaban J connectivity index is 0.00000261. The summed E-state index contributed by atoms with van der Waals surface area (Å²) >= 11 is 0. The number of hydrogen-bond acceptors (Lipinski definition) is 3. The maximum absolute atomic E-state index is 12.6. The third-order valence-corrected chi connectivity index (χ3v) is 6.08. The average Bonchev–Trinajstić information content (AvgIpc) is 2.66. The number of carboxylic acids is 1. The molecule has 6 heteroatoms. The zero-order chi connectivity index (χ0) is 18.5. The SMILES string of the molecule is Cl.NCC1CCc2cc(C(=O)N[C@H]3CC[C@H](CCC(=O)O)CC3)ccc2C1. The lowest BCUT2D eigenvalue weighted by atomic mass is 9.82. The molecule has 1 unspecified atom stereocenters. The van der Waals surface area contributed by atoms with Crippen molar-refractivity contribution in [3.05, 3.63) is 34.9 Å². The van der Waals surface area contributed by atoms with Gasteiger partial charge in [-0.25, -0.2) is 0 Å². The van der Waals surface area contributed by atoms with Crippen LogP contribution < -0.4 is 11.1 Å². The number of amides is 1. The molecule has 0 spiro atoms. The average molecular weight is 395 g/mol. The molecule has 1 saturated carbocycles. The monoisotopic (exact) mass is 394 g/mol. The summed E-state index contributed by atoms with van der Waals surface area (Å²) in [6.45, 7) is 0.733. The van der Waals surface area contributed by atoms with Crippen LogP contribution in [-0.4, -0.2) is 29.6 Å². The number of rotatable bonds is 6. The van der Waals surface area contributed by atoms with Crippen LogP contribution in [0.3, 0.4) is 0 Å². The van der Waals surface area contributed by atoms with Crippen molar-refractivity contribution in [2.24, 2.45) is 17.6 Å². The Hall–Kier alpha value is -1.59. The minimum atomic E-state index is -0.717. The largest absolute Gasteiger partial charge is 0.481 e. The number of nitrogens with two attached hydrogens (primary N) is 1. The van der Waals surface area contributed by atoms with Gasteiger partial charge in [-0.2, -0.15) is 0 Å². The van der Waals surface area contributed by atoms with Crippen LogP contribution in [0.4, 0.5) is 0 Å². The summed E-state index contributed by atoms with van der Waals surface area (Å²) in [5.41, 5.74) is 9.17. The Morgan fingerprint density at radius 1 is 1.07 bits per heavy atom. The second-order valence-electron chi connectivity index (χ2n) is 7.95. The lowest BCUT2D eigenvalue weighted by Gasteiger charge is -2.29. The highest BCUT2D eigenvalue weighted by Gasteiger charge is 2.24. The second kappa shape index (κ2) is 10.1. The third-order valence-electron chi connectivity index (χ3n) is 6.08. The van der Waals surface area contributed by atoms with Gasteiger partial charge in [-0.1, -0.05) is 6.07 Å². The summed E-state index contributed by atoms with van der Waals surface area (Å²) in [5.74, 6) is 0.352. The molecule has 1 fully saturated rings. The molecule has 1 aromatic rings. The van der Waals surface area contributed by atoms with Gasteiger partial charge >= 0.3 is 5.97 Å². The van der Waals surface area contributed by atoms with Crippen LogP contribution in [-0.2, 0) is 17.6 Å². The summed E-state index contributed by atoms with van der Waals surface area (Å²) in [5, 5.41) is 12.0. The maximum atomic E-state index is 12.6. The van der Waals surface area contributed by atoms with Crippen LogP contribution in [0.2, 0.25) is 0 Å². The van der Waals surface area contributed by atoms with E-state index in [4.69, 9.17) is 10.8 Å². The molecule has 27 heavy (non-hydrogen) atoms. The van der Waals surface area contributed by atoms with Crippen LogP contribution in [0.5, 0.6) is 0 Å². The molecule has 1 atom stereocenters. The first kappa shape index (κ1) is 21.7. The normalized spacial score (nSPS) is 24.4. The Labute approximate surface area is 167 Å². The molecule has 150 valence electrons. The molecule has 0 aromatic heterocycles. The minimum absolute atomic E-state index is 0. The number of carbonyl (C=O) groups excluding carboxylic acids is 1. The molecule has 3 rings (SSSR count).